The highest BCUT2D eigenvalue weighted by Gasteiger charge is 1.92. The Morgan fingerprint density at radius 2 is 1.85 bits per heavy atom. The zero-order chi connectivity index (χ0) is 15.8. The number of nitrogens with two attached hydrogens (primary N) is 1. The average Bonchev–Trinajstić information content (AvgIpc) is 2.67. The minimum Gasteiger partial charge on any atom is -0.366 e. The van der Waals surface area contributed by atoms with Crippen LogP contribution in [0, 0.1) is 6.92 Å². The van der Waals surface area contributed by atoms with Gasteiger partial charge in [-0.2, -0.15) is 8.42 Å². The molecule has 0 aliphatic rings. The fourth-order valence-electron chi connectivity index (χ4n) is 1.22. The van der Waals surface area contributed by atoms with E-state index < -0.39 is 16.0 Å². The van der Waals surface area contributed by atoms with E-state index in [1.807, 2.05) is 6.07 Å². The van der Waals surface area contributed by atoms with Crippen molar-refractivity contribution in [1.82, 2.24) is 4.98 Å². The highest BCUT2D eigenvalue weighted by molar-refractivity contribution is 7.85. The number of aromatic amines is 1. The number of aromatic nitrogens is 1. The van der Waals surface area contributed by atoms with E-state index in [2.05, 4.69) is 48.5 Å². The molecule has 0 saturated heterocycles. The number of carbonyl (C=O) groups is 1. The summed E-state index contributed by atoms with van der Waals surface area (Å²) in [7, 11) is -3.67. The molecular formula is C13H18N2O4S. The van der Waals surface area contributed by atoms with Crippen molar-refractivity contribution in [3.8, 4) is 0 Å². The van der Waals surface area contributed by atoms with Gasteiger partial charge in [-0.3, -0.25) is 9.35 Å². The van der Waals surface area contributed by atoms with E-state index in [9.17, 15) is 13.2 Å². The third-order valence-electron chi connectivity index (χ3n) is 1.87. The first-order chi connectivity index (χ1) is 9.13. The second-order valence-electron chi connectivity index (χ2n) is 3.88. The molecule has 110 valence electrons. The molecule has 0 spiro atoms. The van der Waals surface area contributed by atoms with Gasteiger partial charge in [-0.25, -0.2) is 0 Å². The van der Waals surface area contributed by atoms with Crippen LogP contribution >= 0.6 is 0 Å². The molecule has 0 bridgehead atoms. The molecule has 0 unspecified atom stereocenters. The van der Waals surface area contributed by atoms with E-state index in [0.29, 0.717) is 6.26 Å². The van der Waals surface area contributed by atoms with Crippen LogP contribution in [0.5, 0.6) is 0 Å². The van der Waals surface area contributed by atoms with Crippen LogP contribution in [0.4, 0.5) is 0 Å². The molecule has 1 amide bonds. The molecule has 2 aromatic rings. The van der Waals surface area contributed by atoms with E-state index in [1.165, 1.54) is 16.6 Å². The predicted molar refractivity (Wildman–Crippen MR) is 79.9 cm³/mol. The largest absolute Gasteiger partial charge is 0.366 e. The molecule has 6 nitrogen and oxygen atoms in total. The van der Waals surface area contributed by atoms with E-state index in [1.54, 1.807) is 0 Å². The van der Waals surface area contributed by atoms with Gasteiger partial charge in [-0.05, 0) is 30.5 Å². The van der Waals surface area contributed by atoms with E-state index in [0.717, 1.165) is 6.08 Å². The lowest BCUT2D eigenvalue weighted by Gasteiger charge is -1.83. The van der Waals surface area contributed by atoms with Gasteiger partial charge in [0, 0.05) is 11.2 Å². The lowest BCUT2D eigenvalue weighted by molar-refractivity contribution is -0.113. The summed E-state index contributed by atoms with van der Waals surface area (Å²) in [5, 5.41) is 1.29. The van der Waals surface area contributed by atoms with Crippen molar-refractivity contribution in [3.63, 3.8) is 0 Å². The number of primary amides is 1. The van der Waals surface area contributed by atoms with Crippen molar-refractivity contribution in [2.24, 2.45) is 5.73 Å². The highest BCUT2D eigenvalue weighted by Crippen LogP contribution is 2.12. The quantitative estimate of drug-likeness (QED) is 0.548. The van der Waals surface area contributed by atoms with Crippen molar-refractivity contribution in [1.29, 1.82) is 0 Å². The Balaban J connectivity index is 0.000000310. The topological polar surface area (TPSA) is 113 Å². The Hall–Kier alpha value is -2.12. The molecule has 2 rings (SSSR count). The number of fused-ring (bicyclic) bond motifs is 1. The minimum atomic E-state index is -3.67. The van der Waals surface area contributed by atoms with Crippen molar-refractivity contribution < 1.29 is 17.8 Å². The molecule has 0 radical (unpaired) electrons. The lowest BCUT2D eigenvalue weighted by atomic mass is 10.2. The number of nitrogens with one attached hydrogen (secondary N) is 1. The first-order valence-electron chi connectivity index (χ1n) is 5.52. The molecule has 0 atom stereocenters. The maximum Gasteiger partial charge on any atom is 0.261 e. The summed E-state index contributed by atoms with van der Waals surface area (Å²) in [5.74, 6) is -0.481. The van der Waals surface area contributed by atoms with Crippen LogP contribution in [-0.4, -0.2) is 30.1 Å². The Bertz CT molecular complexity index is 633. The SMILES string of the molecule is C=CC(N)=O.CS(=O)(=O)O.Cc1cc2ccccc2[nH]1. The molecule has 0 saturated carbocycles. The highest BCUT2D eigenvalue weighted by atomic mass is 32.2. The smallest absolute Gasteiger partial charge is 0.261 e. The molecule has 0 aliphatic heterocycles. The van der Waals surface area contributed by atoms with E-state index in [-0.39, 0.29) is 0 Å². The Morgan fingerprint density at radius 1 is 1.40 bits per heavy atom. The average molecular weight is 298 g/mol. The van der Waals surface area contributed by atoms with Gasteiger partial charge in [0.2, 0.25) is 5.91 Å². The van der Waals surface area contributed by atoms with Gasteiger partial charge in [0.1, 0.15) is 0 Å². The van der Waals surface area contributed by atoms with Gasteiger partial charge in [0.15, 0.2) is 0 Å². The summed E-state index contributed by atoms with van der Waals surface area (Å²) >= 11 is 0. The van der Waals surface area contributed by atoms with Crippen LogP contribution in [0.25, 0.3) is 10.9 Å². The first kappa shape index (κ1) is 17.9. The third-order valence-corrected chi connectivity index (χ3v) is 1.87. The Kier molecular flexibility index (Phi) is 7.27. The van der Waals surface area contributed by atoms with Gasteiger partial charge in [-0.1, -0.05) is 24.8 Å². The van der Waals surface area contributed by atoms with Crippen LogP contribution in [0.15, 0.2) is 43.0 Å². The van der Waals surface area contributed by atoms with Crippen LogP contribution in [0.1, 0.15) is 5.69 Å². The number of aryl methyl sites for hydroxylation is 1. The zero-order valence-corrected chi connectivity index (χ0v) is 12.1. The summed E-state index contributed by atoms with van der Waals surface area (Å²) in [6.45, 7) is 5.16. The summed E-state index contributed by atoms with van der Waals surface area (Å²) in [6, 6.07) is 10.4. The van der Waals surface area contributed by atoms with Crippen LogP contribution in [0.3, 0.4) is 0 Å². The maximum absolute atomic E-state index is 9.47. The zero-order valence-electron chi connectivity index (χ0n) is 11.3. The summed E-state index contributed by atoms with van der Waals surface area (Å²) < 4.78 is 25.9. The van der Waals surface area contributed by atoms with Gasteiger partial charge in [0.05, 0.1) is 6.26 Å². The first-order valence-corrected chi connectivity index (χ1v) is 7.37. The molecule has 7 heteroatoms. The number of hydrogen-bond donors (Lipinski definition) is 3. The van der Waals surface area contributed by atoms with Gasteiger partial charge in [0.25, 0.3) is 10.1 Å². The number of rotatable bonds is 1. The van der Waals surface area contributed by atoms with Crippen molar-refractivity contribution >= 4 is 26.9 Å². The molecule has 4 N–H and O–H groups in total. The maximum atomic E-state index is 9.47. The summed E-state index contributed by atoms with van der Waals surface area (Å²) in [5.41, 5.74) is 6.98. The standard InChI is InChI=1S/C9H9N.C3H5NO.CH4O3S/c1-7-6-8-4-2-3-5-9(8)10-7;1-2-3(4)5;1-5(2,3)4/h2-6,10H,1H3;2H,1H2,(H2,4,5);1H3,(H,2,3,4). The molecule has 0 fully saturated rings. The number of H-pyrrole nitrogens is 1. The van der Waals surface area contributed by atoms with Gasteiger partial charge >= 0.3 is 0 Å². The predicted octanol–water partition coefficient (Wildman–Crippen LogP) is 1.64. The van der Waals surface area contributed by atoms with Crippen molar-refractivity contribution in [2.75, 3.05) is 6.26 Å². The second-order valence-corrected chi connectivity index (χ2v) is 5.35. The van der Waals surface area contributed by atoms with Crippen molar-refractivity contribution in [2.45, 2.75) is 6.92 Å². The number of hydrogen-bond acceptors (Lipinski definition) is 3. The normalized spacial score (nSPS) is 9.75. The Morgan fingerprint density at radius 3 is 2.25 bits per heavy atom. The van der Waals surface area contributed by atoms with Crippen molar-refractivity contribution in [3.05, 3.63) is 48.7 Å². The van der Waals surface area contributed by atoms with Crippen LogP contribution in [-0.2, 0) is 14.9 Å². The van der Waals surface area contributed by atoms with E-state index in [4.69, 9.17) is 4.55 Å². The second kappa shape index (κ2) is 8.13. The molecule has 0 aliphatic carbocycles. The van der Waals surface area contributed by atoms with Crippen LogP contribution in [0.2, 0.25) is 0 Å². The summed E-state index contributed by atoms with van der Waals surface area (Å²) in [6.07, 6.45) is 1.77. The molecule has 1 heterocycles. The monoisotopic (exact) mass is 298 g/mol. The number of benzene rings is 1. The van der Waals surface area contributed by atoms with Gasteiger partial charge in [-0.15, -0.1) is 0 Å². The summed E-state index contributed by atoms with van der Waals surface area (Å²) in [4.78, 5) is 12.7. The van der Waals surface area contributed by atoms with Crippen LogP contribution < -0.4 is 5.73 Å². The molecule has 1 aromatic carbocycles. The third kappa shape index (κ3) is 9.86. The molecule has 1 aromatic heterocycles. The van der Waals surface area contributed by atoms with Gasteiger partial charge < -0.3 is 10.7 Å². The fourth-order valence-corrected chi connectivity index (χ4v) is 1.22. The minimum absolute atomic E-state index is 0.481. The number of carbonyl (C=O) groups excluding carboxylic acids is 1. The van der Waals surface area contributed by atoms with E-state index >= 15 is 0 Å². The Labute approximate surface area is 118 Å². The number of para-hydroxylation sites is 1. The molecule has 20 heavy (non-hydrogen) atoms. The fraction of sp³-hybridized carbons (Fsp3) is 0.154. The lowest BCUT2D eigenvalue weighted by Crippen LogP contribution is -2.04. The number of amides is 1. The molecular weight excluding hydrogens is 280 g/mol.